The number of nitrogens with zero attached hydrogens (tertiary/aromatic N) is 1. The van der Waals surface area contributed by atoms with Crippen LogP contribution in [0.5, 0.6) is 5.75 Å². The third kappa shape index (κ3) is 5.85. The summed E-state index contributed by atoms with van der Waals surface area (Å²) >= 11 is 0. The molecule has 5 nitrogen and oxygen atoms in total. The summed E-state index contributed by atoms with van der Waals surface area (Å²) in [6, 6.07) is 6.01. The Morgan fingerprint density at radius 2 is 2.00 bits per heavy atom. The van der Waals surface area contributed by atoms with Gasteiger partial charge in [0.25, 0.3) is 0 Å². The number of aliphatic carboxylic acids is 1. The van der Waals surface area contributed by atoms with Crippen molar-refractivity contribution in [3.63, 3.8) is 0 Å². The maximum atomic E-state index is 11.8. The van der Waals surface area contributed by atoms with Gasteiger partial charge in [0.05, 0.1) is 13.5 Å². The minimum atomic E-state index is -0.886. The first-order valence-electron chi connectivity index (χ1n) is 7.03. The number of methoxy groups -OCH3 is 1. The maximum Gasteiger partial charge on any atom is 0.305 e. The topological polar surface area (TPSA) is 66.8 Å². The first-order chi connectivity index (χ1) is 9.93. The van der Waals surface area contributed by atoms with E-state index in [-0.39, 0.29) is 18.9 Å². The number of carbonyl (C=O) groups is 2. The highest BCUT2D eigenvalue weighted by Gasteiger charge is 2.10. The monoisotopic (exact) mass is 293 g/mol. The van der Waals surface area contributed by atoms with Crippen LogP contribution in [0, 0.1) is 6.92 Å². The van der Waals surface area contributed by atoms with Gasteiger partial charge in [0.15, 0.2) is 0 Å². The number of hydrogen-bond donors (Lipinski definition) is 1. The van der Waals surface area contributed by atoms with E-state index in [1.54, 1.807) is 14.2 Å². The fraction of sp³-hybridized carbons (Fsp3) is 0.500. The molecule has 0 saturated heterocycles. The molecule has 0 unspecified atom stereocenters. The zero-order valence-electron chi connectivity index (χ0n) is 12.9. The summed E-state index contributed by atoms with van der Waals surface area (Å²) in [7, 11) is 3.29. The molecule has 21 heavy (non-hydrogen) atoms. The summed E-state index contributed by atoms with van der Waals surface area (Å²) in [5, 5.41) is 8.59. The Kier molecular flexibility index (Phi) is 6.72. The predicted octanol–water partition coefficient (Wildman–Crippen LogP) is 2.26. The molecule has 0 saturated carbocycles. The lowest BCUT2D eigenvalue weighted by Crippen LogP contribution is -2.28. The van der Waals surface area contributed by atoms with Gasteiger partial charge in [-0.15, -0.1) is 0 Å². The van der Waals surface area contributed by atoms with E-state index in [4.69, 9.17) is 9.84 Å². The van der Waals surface area contributed by atoms with Crippen LogP contribution in [0.1, 0.15) is 30.4 Å². The zero-order valence-corrected chi connectivity index (χ0v) is 12.9. The van der Waals surface area contributed by atoms with Gasteiger partial charge in [-0.3, -0.25) is 9.59 Å². The molecule has 5 heteroatoms. The molecular formula is C16H23NO4. The van der Waals surface area contributed by atoms with E-state index < -0.39 is 5.97 Å². The molecule has 0 atom stereocenters. The van der Waals surface area contributed by atoms with Crippen molar-refractivity contribution in [2.75, 3.05) is 20.7 Å². The largest absolute Gasteiger partial charge is 0.496 e. The van der Waals surface area contributed by atoms with Gasteiger partial charge in [-0.2, -0.15) is 0 Å². The minimum Gasteiger partial charge on any atom is -0.496 e. The molecule has 0 aromatic heterocycles. The second-order valence-electron chi connectivity index (χ2n) is 5.12. The maximum absolute atomic E-state index is 11.8. The molecule has 0 spiro atoms. The van der Waals surface area contributed by atoms with Crippen molar-refractivity contribution in [1.29, 1.82) is 0 Å². The van der Waals surface area contributed by atoms with Crippen molar-refractivity contribution < 1.29 is 19.4 Å². The lowest BCUT2D eigenvalue weighted by atomic mass is 10.0. The van der Waals surface area contributed by atoms with Crippen LogP contribution in [0.4, 0.5) is 0 Å². The number of carboxylic acid groups (broad SMARTS) is 1. The standard InChI is InChI=1S/C16H23NO4/c1-12-11-13(7-8-14(12)21-3)5-4-6-15(18)17(2)10-9-16(19)20/h7-8,11H,4-6,9-10H2,1-3H3,(H,19,20). The molecule has 116 valence electrons. The molecule has 0 radical (unpaired) electrons. The van der Waals surface area contributed by atoms with Crippen LogP contribution in [0.3, 0.4) is 0 Å². The quantitative estimate of drug-likeness (QED) is 0.798. The van der Waals surface area contributed by atoms with Crippen molar-refractivity contribution in [3.8, 4) is 5.75 Å². The average Bonchev–Trinajstić information content (AvgIpc) is 2.44. The zero-order chi connectivity index (χ0) is 15.8. The molecule has 0 bridgehead atoms. The van der Waals surface area contributed by atoms with Gasteiger partial charge in [-0.25, -0.2) is 0 Å². The fourth-order valence-corrected chi connectivity index (χ4v) is 2.12. The summed E-state index contributed by atoms with van der Waals surface area (Å²) < 4.78 is 5.21. The molecular weight excluding hydrogens is 270 g/mol. The summed E-state index contributed by atoms with van der Waals surface area (Å²) in [6.45, 7) is 2.25. The Labute approximate surface area is 125 Å². The first-order valence-corrected chi connectivity index (χ1v) is 7.03. The molecule has 1 aromatic rings. The molecule has 0 aliphatic heterocycles. The normalized spacial score (nSPS) is 10.2. The number of carbonyl (C=O) groups excluding carboxylic acids is 1. The van der Waals surface area contributed by atoms with Gasteiger partial charge < -0.3 is 14.7 Å². The van der Waals surface area contributed by atoms with Crippen molar-refractivity contribution in [2.45, 2.75) is 32.6 Å². The number of benzene rings is 1. The third-order valence-corrected chi connectivity index (χ3v) is 3.40. The summed E-state index contributed by atoms with van der Waals surface area (Å²) in [5.74, 6) is -0.0342. The number of amides is 1. The van der Waals surface area contributed by atoms with E-state index in [1.165, 1.54) is 10.5 Å². The van der Waals surface area contributed by atoms with Crippen LogP contribution in [0.2, 0.25) is 0 Å². The summed E-state index contributed by atoms with van der Waals surface area (Å²) in [6.07, 6.45) is 1.99. The van der Waals surface area contributed by atoms with Crippen LogP contribution >= 0.6 is 0 Å². The highest BCUT2D eigenvalue weighted by Crippen LogP contribution is 2.19. The van der Waals surface area contributed by atoms with Crippen LogP contribution < -0.4 is 4.74 Å². The van der Waals surface area contributed by atoms with E-state index in [9.17, 15) is 9.59 Å². The molecule has 0 aliphatic carbocycles. The lowest BCUT2D eigenvalue weighted by Gasteiger charge is -2.16. The van der Waals surface area contributed by atoms with Gasteiger partial charge in [0.1, 0.15) is 5.75 Å². The van der Waals surface area contributed by atoms with Gasteiger partial charge in [-0.1, -0.05) is 12.1 Å². The van der Waals surface area contributed by atoms with Crippen molar-refractivity contribution in [1.82, 2.24) is 4.90 Å². The van der Waals surface area contributed by atoms with E-state index >= 15 is 0 Å². The second kappa shape index (κ2) is 8.29. The van der Waals surface area contributed by atoms with Gasteiger partial charge >= 0.3 is 5.97 Å². The fourth-order valence-electron chi connectivity index (χ4n) is 2.12. The molecule has 0 aliphatic rings. The molecule has 1 N–H and O–H groups in total. The van der Waals surface area contributed by atoms with Crippen molar-refractivity contribution in [3.05, 3.63) is 29.3 Å². The van der Waals surface area contributed by atoms with Crippen LogP contribution in [0.25, 0.3) is 0 Å². The molecule has 0 heterocycles. The molecule has 1 aromatic carbocycles. The average molecular weight is 293 g/mol. The highest BCUT2D eigenvalue weighted by molar-refractivity contribution is 5.76. The Hall–Kier alpha value is -2.04. The van der Waals surface area contributed by atoms with E-state index in [0.29, 0.717) is 6.42 Å². The highest BCUT2D eigenvalue weighted by atomic mass is 16.5. The molecule has 1 rings (SSSR count). The Bertz CT molecular complexity index is 499. The van der Waals surface area contributed by atoms with Gasteiger partial charge in [0.2, 0.25) is 5.91 Å². The number of aryl methyl sites for hydroxylation is 2. The Morgan fingerprint density at radius 3 is 2.57 bits per heavy atom. The van der Waals surface area contributed by atoms with E-state index in [0.717, 1.165) is 24.2 Å². The summed E-state index contributed by atoms with van der Waals surface area (Å²) in [5.41, 5.74) is 2.26. The van der Waals surface area contributed by atoms with Crippen LogP contribution in [-0.4, -0.2) is 42.6 Å². The third-order valence-electron chi connectivity index (χ3n) is 3.40. The van der Waals surface area contributed by atoms with Crippen molar-refractivity contribution in [2.24, 2.45) is 0 Å². The van der Waals surface area contributed by atoms with E-state index in [1.807, 2.05) is 19.1 Å². The number of carboxylic acids is 1. The van der Waals surface area contributed by atoms with Gasteiger partial charge in [-0.05, 0) is 37.0 Å². The number of ether oxygens (including phenoxy) is 1. The van der Waals surface area contributed by atoms with E-state index in [2.05, 4.69) is 6.07 Å². The Balaban J connectivity index is 2.37. The first kappa shape index (κ1) is 17.0. The van der Waals surface area contributed by atoms with Crippen LogP contribution in [-0.2, 0) is 16.0 Å². The number of rotatable bonds is 8. The smallest absolute Gasteiger partial charge is 0.305 e. The van der Waals surface area contributed by atoms with Gasteiger partial charge in [0, 0.05) is 20.0 Å². The number of hydrogen-bond acceptors (Lipinski definition) is 3. The van der Waals surface area contributed by atoms with Crippen LogP contribution in [0.15, 0.2) is 18.2 Å². The van der Waals surface area contributed by atoms with Crippen molar-refractivity contribution >= 4 is 11.9 Å². The Morgan fingerprint density at radius 1 is 1.29 bits per heavy atom. The summed E-state index contributed by atoms with van der Waals surface area (Å²) in [4.78, 5) is 23.8. The lowest BCUT2D eigenvalue weighted by molar-refractivity contribution is -0.138. The minimum absolute atomic E-state index is 0.0125. The molecule has 0 fully saturated rings. The molecule has 1 amide bonds. The predicted molar refractivity (Wildman–Crippen MR) is 80.6 cm³/mol. The SMILES string of the molecule is COc1ccc(CCCC(=O)N(C)CCC(=O)O)cc1C. The second-order valence-corrected chi connectivity index (χ2v) is 5.12.